The maximum absolute atomic E-state index is 13.4. The van der Waals surface area contributed by atoms with Gasteiger partial charge >= 0.3 is 0 Å². The molecule has 0 amide bonds. The van der Waals surface area contributed by atoms with Crippen molar-refractivity contribution in [3.05, 3.63) is 30.0 Å². The molecule has 0 saturated heterocycles. The molecule has 0 unspecified atom stereocenters. The number of nitrogens with one attached hydrogen (secondary N) is 2. The van der Waals surface area contributed by atoms with Crippen molar-refractivity contribution in [2.24, 2.45) is 0 Å². The highest BCUT2D eigenvalue weighted by Gasteiger charge is 2.17. The maximum Gasteiger partial charge on any atom is 0.117 e. The molecule has 1 aromatic heterocycles. The van der Waals surface area contributed by atoms with E-state index >= 15 is 0 Å². The fourth-order valence-electron chi connectivity index (χ4n) is 2.16. The van der Waals surface area contributed by atoms with Crippen LogP contribution in [-0.4, -0.2) is 28.3 Å². The number of H-pyrrole nitrogens is 1. The lowest BCUT2D eigenvalue weighted by Crippen LogP contribution is -2.37. The third kappa shape index (κ3) is 3.70. The summed E-state index contributed by atoms with van der Waals surface area (Å²) in [5, 5.41) is 13.7. The first-order valence-corrected chi connectivity index (χ1v) is 6.56. The van der Waals surface area contributed by atoms with Gasteiger partial charge in [-0.15, -0.1) is 0 Å². The van der Waals surface area contributed by atoms with Gasteiger partial charge in [0, 0.05) is 35.8 Å². The van der Waals surface area contributed by atoms with E-state index in [-0.39, 0.29) is 11.8 Å². The van der Waals surface area contributed by atoms with E-state index < -0.39 is 5.67 Å². The standard InChI is InChI=1S/C15H21FN2O/c1-10(18-9-15(2,3)16)6-11-8-17-14-7-12(19)4-5-13(11)14/h4-5,7-8,10,17-19H,6,9H2,1-3H3/t10-/m1/s1. The van der Waals surface area contributed by atoms with Crippen LogP contribution in [0.15, 0.2) is 24.4 Å². The molecule has 0 bridgehead atoms. The minimum absolute atomic E-state index is 0.197. The zero-order chi connectivity index (χ0) is 14.0. The Labute approximate surface area is 112 Å². The molecular formula is C15H21FN2O. The molecule has 0 spiro atoms. The summed E-state index contributed by atoms with van der Waals surface area (Å²) in [7, 11) is 0. The van der Waals surface area contributed by atoms with Crippen LogP contribution in [0.5, 0.6) is 5.75 Å². The molecule has 1 atom stereocenters. The molecule has 3 nitrogen and oxygen atoms in total. The Kier molecular flexibility index (Phi) is 3.80. The van der Waals surface area contributed by atoms with Crippen LogP contribution >= 0.6 is 0 Å². The topological polar surface area (TPSA) is 48.0 Å². The molecule has 3 N–H and O–H groups in total. The number of fused-ring (bicyclic) bond motifs is 1. The first kappa shape index (κ1) is 13.9. The summed E-state index contributed by atoms with van der Waals surface area (Å²) in [4.78, 5) is 3.14. The van der Waals surface area contributed by atoms with Crippen LogP contribution in [0.25, 0.3) is 10.9 Å². The van der Waals surface area contributed by atoms with E-state index in [9.17, 15) is 9.50 Å². The van der Waals surface area contributed by atoms with Crippen LogP contribution in [0.2, 0.25) is 0 Å². The molecule has 1 heterocycles. The fraction of sp³-hybridized carbons (Fsp3) is 0.467. The van der Waals surface area contributed by atoms with Gasteiger partial charge < -0.3 is 15.4 Å². The summed E-state index contributed by atoms with van der Waals surface area (Å²) in [6, 6.07) is 5.50. The van der Waals surface area contributed by atoms with Crippen LogP contribution in [0.1, 0.15) is 26.3 Å². The van der Waals surface area contributed by atoms with E-state index in [0.29, 0.717) is 6.54 Å². The Balaban J connectivity index is 2.05. The van der Waals surface area contributed by atoms with E-state index in [4.69, 9.17) is 0 Å². The van der Waals surface area contributed by atoms with Crippen LogP contribution < -0.4 is 5.32 Å². The number of phenolic OH excluding ortho intramolecular Hbond substituents is 1. The van der Waals surface area contributed by atoms with Crippen LogP contribution in [0.4, 0.5) is 4.39 Å². The minimum Gasteiger partial charge on any atom is -0.508 e. The Bertz CT molecular complexity index is 557. The van der Waals surface area contributed by atoms with Crippen molar-refractivity contribution in [1.29, 1.82) is 0 Å². The predicted octanol–water partition coefficient (Wildman–Crippen LogP) is 3.14. The Hall–Kier alpha value is -1.55. The van der Waals surface area contributed by atoms with E-state index in [1.54, 1.807) is 26.0 Å². The molecule has 1 aromatic carbocycles. The highest BCUT2D eigenvalue weighted by Crippen LogP contribution is 2.23. The van der Waals surface area contributed by atoms with Gasteiger partial charge in [-0.25, -0.2) is 4.39 Å². The minimum atomic E-state index is -1.19. The molecule has 0 fully saturated rings. The summed E-state index contributed by atoms with van der Waals surface area (Å²) < 4.78 is 13.4. The smallest absolute Gasteiger partial charge is 0.117 e. The molecule has 0 saturated carbocycles. The molecule has 0 aliphatic rings. The SMILES string of the molecule is C[C@H](Cc1c[nH]c2cc(O)ccc12)NCC(C)(C)F. The number of halogens is 1. The molecular weight excluding hydrogens is 243 g/mol. The van der Waals surface area contributed by atoms with Gasteiger partial charge in [0.25, 0.3) is 0 Å². The number of hydrogen-bond acceptors (Lipinski definition) is 2. The monoisotopic (exact) mass is 264 g/mol. The van der Waals surface area contributed by atoms with Crippen molar-refractivity contribution in [2.45, 2.75) is 38.9 Å². The second kappa shape index (κ2) is 5.21. The number of aromatic nitrogens is 1. The highest BCUT2D eigenvalue weighted by atomic mass is 19.1. The van der Waals surface area contributed by atoms with E-state index in [1.165, 1.54) is 5.56 Å². The Morgan fingerprint density at radius 1 is 1.42 bits per heavy atom. The molecule has 104 valence electrons. The molecule has 0 aliphatic heterocycles. The third-order valence-electron chi connectivity index (χ3n) is 3.15. The van der Waals surface area contributed by atoms with Crippen LogP contribution in [0, 0.1) is 0 Å². The number of benzene rings is 1. The van der Waals surface area contributed by atoms with Gasteiger partial charge in [0.1, 0.15) is 11.4 Å². The third-order valence-corrected chi connectivity index (χ3v) is 3.15. The van der Waals surface area contributed by atoms with Crippen molar-refractivity contribution in [2.75, 3.05) is 6.54 Å². The van der Waals surface area contributed by atoms with Crippen molar-refractivity contribution in [1.82, 2.24) is 10.3 Å². The lowest BCUT2D eigenvalue weighted by molar-refractivity contribution is 0.204. The van der Waals surface area contributed by atoms with Crippen molar-refractivity contribution in [3.63, 3.8) is 0 Å². The Morgan fingerprint density at radius 3 is 2.84 bits per heavy atom. The molecule has 0 radical (unpaired) electrons. The number of aromatic amines is 1. The molecule has 4 heteroatoms. The number of aromatic hydroxyl groups is 1. The molecule has 19 heavy (non-hydrogen) atoms. The van der Waals surface area contributed by atoms with Gasteiger partial charge in [0.2, 0.25) is 0 Å². The van der Waals surface area contributed by atoms with Gasteiger partial charge in [-0.3, -0.25) is 0 Å². The van der Waals surface area contributed by atoms with Crippen molar-refractivity contribution < 1.29 is 9.50 Å². The lowest BCUT2D eigenvalue weighted by Gasteiger charge is -2.19. The largest absolute Gasteiger partial charge is 0.508 e. The maximum atomic E-state index is 13.4. The number of alkyl halides is 1. The first-order valence-electron chi connectivity index (χ1n) is 6.56. The summed E-state index contributed by atoms with van der Waals surface area (Å²) in [6.45, 7) is 5.53. The second-order valence-corrected chi connectivity index (χ2v) is 5.75. The highest BCUT2D eigenvalue weighted by molar-refractivity contribution is 5.84. The van der Waals surface area contributed by atoms with Crippen LogP contribution in [-0.2, 0) is 6.42 Å². The Morgan fingerprint density at radius 2 is 2.16 bits per heavy atom. The summed E-state index contributed by atoms with van der Waals surface area (Å²) in [6.07, 6.45) is 2.77. The van der Waals surface area contributed by atoms with Gasteiger partial charge in [-0.2, -0.15) is 0 Å². The average molecular weight is 264 g/mol. The molecule has 0 aliphatic carbocycles. The predicted molar refractivity (Wildman–Crippen MR) is 76.3 cm³/mol. The summed E-state index contributed by atoms with van der Waals surface area (Å²) >= 11 is 0. The second-order valence-electron chi connectivity index (χ2n) is 5.75. The first-order chi connectivity index (χ1) is 8.85. The molecule has 2 aromatic rings. The van der Waals surface area contributed by atoms with Crippen LogP contribution in [0.3, 0.4) is 0 Å². The number of phenols is 1. The van der Waals surface area contributed by atoms with E-state index in [0.717, 1.165) is 17.3 Å². The summed E-state index contributed by atoms with van der Waals surface area (Å²) in [5.41, 5.74) is 0.903. The normalized spacial score (nSPS) is 13.9. The van der Waals surface area contributed by atoms with E-state index in [1.807, 2.05) is 19.2 Å². The zero-order valence-corrected chi connectivity index (χ0v) is 11.6. The lowest BCUT2D eigenvalue weighted by atomic mass is 10.0. The zero-order valence-electron chi connectivity index (χ0n) is 11.6. The van der Waals surface area contributed by atoms with Crippen molar-refractivity contribution >= 4 is 10.9 Å². The van der Waals surface area contributed by atoms with Gasteiger partial charge in [0.05, 0.1) is 0 Å². The van der Waals surface area contributed by atoms with Crippen molar-refractivity contribution in [3.8, 4) is 5.75 Å². The fourth-order valence-corrected chi connectivity index (χ4v) is 2.16. The summed E-state index contributed by atoms with van der Waals surface area (Å²) in [5.74, 6) is 0.256. The number of hydrogen-bond donors (Lipinski definition) is 3. The van der Waals surface area contributed by atoms with Gasteiger partial charge in [0.15, 0.2) is 0 Å². The molecule has 2 rings (SSSR count). The average Bonchev–Trinajstić information content (AvgIpc) is 2.68. The van der Waals surface area contributed by atoms with Gasteiger partial charge in [-0.05, 0) is 44.9 Å². The number of rotatable bonds is 5. The van der Waals surface area contributed by atoms with E-state index in [2.05, 4.69) is 10.3 Å². The quantitative estimate of drug-likeness (QED) is 0.777. The van der Waals surface area contributed by atoms with Gasteiger partial charge in [-0.1, -0.05) is 0 Å².